The van der Waals surface area contributed by atoms with E-state index in [0.717, 1.165) is 55.9 Å². The maximum absolute atomic E-state index is 9.10. The number of carboxylic acid groups (broad SMARTS) is 2. The van der Waals surface area contributed by atoms with Crippen LogP contribution >= 0.6 is 12.2 Å². The van der Waals surface area contributed by atoms with Crippen LogP contribution in [0.3, 0.4) is 0 Å². The highest BCUT2D eigenvalue weighted by Crippen LogP contribution is 2.32. The number of carbonyl (C=O) groups is 2. The van der Waals surface area contributed by atoms with E-state index in [-0.39, 0.29) is 0 Å². The fourth-order valence-corrected chi connectivity index (χ4v) is 3.90. The molecule has 0 bridgehead atoms. The summed E-state index contributed by atoms with van der Waals surface area (Å²) in [5.74, 6) is -1.93. The predicted octanol–water partition coefficient (Wildman–Crippen LogP) is 2.92. The zero-order valence-corrected chi connectivity index (χ0v) is 20.1. The first-order valence-corrected chi connectivity index (χ1v) is 11.9. The highest BCUT2D eigenvalue weighted by atomic mass is 32.1. The summed E-state index contributed by atoms with van der Waals surface area (Å²) in [4.78, 5) is 23.0. The molecule has 0 aromatic heterocycles. The molecule has 0 saturated carbocycles. The van der Waals surface area contributed by atoms with E-state index in [0.29, 0.717) is 6.79 Å². The van der Waals surface area contributed by atoms with Crippen LogP contribution in [0.15, 0.2) is 18.2 Å². The second-order valence-corrected chi connectivity index (χ2v) is 8.45. The molecule has 1 saturated heterocycles. The topological polar surface area (TPSA) is 112 Å². The molecule has 0 aliphatic carbocycles. The molecule has 0 radical (unpaired) electrons. The van der Waals surface area contributed by atoms with E-state index in [1.54, 1.807) is 0 Å². The summed E-state index contributed by atoms with van der Waals surface area (Å²) in [5.41, 5.74) is 1.27. The number of fused-ring (bicyclic) bond motifs is 1. The molecule has 10 heteroatoms. The van der Waals surface area contributed by atoms with Gasteiger partial charge in [0.15, 0.2) is 16.6 Å². The van der Waals surface area contributed by atoms with Gasteiger partial charge in [-0.15, -0.1) is 0 Å². The van der Waals surface area contributed by atoms with E-state index in [4.69, 9.17) is 41.5 Å². The van der Waals surface area contributed by atoms with E-state index in [9.17, 15) is 0 Å². The van der Waals surface area contributed by atoms with Crippen LogP contribution in [0.2, 0.25) is 0 Å². The second-order valence-electron chi connectivity index (χ2n) is 8.06. The lowest BCUT2D eigenvalue weighted by atomic mass is 10.1. The third-order valence-corrected chi connectivity index (χ3v) is 5.89. The van der Waals surface area contributed by atoms with Gasteiger partial charge >= 0.3 is 11.9 Å². The molecule has 0 spiro atoms. The molecular formula is C23H35N3O6S. The number of ether oxygens (including phenoxy) is 2. The second kappa shape index (κ2) is 14.5. The Morgan fingerprint density at radius 1 is 0.970 bits per heavy atom. The van der Waals surface area contributed by atoms with Gasteiger partial charge in [0.1, 0.15) is 0 Å². The number of carboxylic acids is 2. The summed E-state index contributed by atoms with van der Waals surface area (Å²) in [5, 5.41) is 19.1. The molecular weight excluding hydrogens is 446 g/mol. The number of hydrogen-bond acceptors (Lipinski definition) is 6. The molecule has 33 heavy (non-hydrogen) atoms. The van der Waals surface area contributed by atoms with Crippen molar-refractivity contribution in [2.45, 2.75) is 52.0 Å². The number of thiocarbonyl (C=S) groups is 1. The van der Waals surface area contributed by atoms with Gasteiger partial charge in [-0.2, -0.15) is 0 Å². The SMILES string of the molecule is CCCCCCCCNC(=S)N1CCN(Cc2ccc3c(c2)OCO3)CC1.O=C(O)C(=O)O. The van der Waals surface area contributed by atoms with Gasteiger partial charge in [-0.25, -0.2) is 9.59 Å². The first-order chi connectivity index (χ1) is 15.9. The quantitative estimate of drug-likeness (QED) is 0.276. The molecule has 0 amide bonds. The van der Waals surface area contributed by atoms with Gasteiger partial charge in [0.05, 0.1) is 0 Å². The number of rotatable bonds is 9. The first-order valence-electron chi connectivity index (χ1n) is 11.5. The lowest BCUT2D eigenvalue weighted by molar-refractivity contribution is -0.159. The summed E-state index contributed by atoms with van der Waals surface area (Å²) < 4.78 is 10.9. The predicted molar refractivity (Wildman–Crippen MR) is 129 cm³/mol. The number of nitrogens with one attached hydrogen (secondary N) is 1. The number of nitrogens with zero attached hydrogens (tertiary/aromatic N) is 2. The zero-order chi connectivity index (χ0) is 24.1. The number of piperazine rings is 1. The molecule has 1 aromatic carbocycles. The van der Waals surface area contributed by atoms with Crippen molar-refractivity contribution in [1.82, 2.24) is 15.1 Å². The van der Waals surface area contributed by atoms with Gasteiger partial charge in [-0.05, 0) is 36.3 Å². The average molecular weight is 482 g/mol. The van der Waals surface area contributed by atoms with Crippen molar-refractivity contribution in [3.63, 3.8) is 0 Å². The van der Waals surface area contributed by atoms with Crippen molar-refractivity contribution in [3.8, 4) is 11.5 Å². The van der Waals surface area contributed by atoms with Gasteiger partial charge in [-0.1, -0.05) is 45.1 Å². The summed E-state index contributed by atoms with van der Waals surface area (Å²) in [6, 6.07) is 6.24. The van der Waals surface area contributed by atoms with E-state index in [1.807, 2.05) is 6.07 Å². The van der Waals surface area contributed by atoms with Crippen molar-refractivity contribution in [1.29, 1.82) is 0 Å². The van der Waals surface area contributed by atoms with Crippen LogP contribution in [-0.4, -0.2) is 76.6 Å². The van der Waals surface area contributed by atoms with Crippen LogP contribution in [0.4, 0.5) is 0 Å². The Labute approximate surface area is 200 Å². The van der Waals surface area contributed by atoms with Crippen molar-refractivity contribution >= 4 is 29.3 Å². The Kier molecular flexibility index (Phi) is 11.7. The molecule has 9 nitrogen and oxygen atoms in total. The van der Waals surface area contributed by atoms with E-state index >= 15 is 0 Å². The molecule has 0 unspecified atom stereocenters. The molecule has 184 valence electrons. The minimum absolute atomic E-state index is 0.334. The molecule has 3 N–H and O–H groups in total. The van der Waals surface area contributed by atoms with Crippen LogP contribution in [-0.2, 0) is 16.1 Å². The fourth-order valence-electron chi connectivity index (χ4n) is 3.62. The Morgan fingerprint density at radius 2 is 1.61 bits per heavy atom. The normalized spacial score (nSPS) is 14.9. The van der Waals surface area contributed by atoms with E-state index in [2.05, 4.69) is 34.2 Å². The molecule has 0 atom stereocenters. The van der Waals surface area contributed by atoms with E-state index in [1.165, 1.54) is 44.1 Å². The van der Waals surface area contributed by atoms with Crippen LogP contribution in [0, 0.1) is 0 Å². The average Bonchev–Trinajstić information content (AvgIpc) is 3.27. The van der Waals surface area contributed by atoms with Crippen molar-refractivity contribution in [2.24, 2.45) is 0 Å². The van der Waals surface area contributed by atoms with Crippen molar-refractivity contribution in [3.05, 3.63) is 23.8 Å². The first kappa shape index (κ1) is 26.7. The van der Waals surface area contributed by atoms with E-state index < -0.39 is 11.9 Å². The smallest absolute Gasteiger partial charge is 0.414 e. The molecule has 1 fully saturated rings. The summed E-state index contributed by atoms with van der Waals surface area (Å²) >= 11 is 5.58. The Bertz CT molecular complexity index is 771. The maximum Gasteiger partial charge on any atom is 0.414 e. The largest absolute Gasteiger partial charge is 0.473 e. The molecule has 2 aliphatic rings. The minimum Gasteiger partial charge on any atom is -0.473 e. The van der Waals surface area contributed by atoms with Crippen molar-refractivity contribution in [2.75, 3.05) is 39.5 Å². The van der Waals surface area contributed by atoms with Gasteiger partial charge in [-0.3, -0.25) is 4.90 Å². The zero-order valence-electron chi connectivity index (χ0n) is 19.3. The summed E-state index contributed by atoms with van der Waals surface area (Å²) in [6.07, 6.45) is 7.91. The van der Waals surface area contributed by atoms with Crippen LogP contribution in [0.5, 0.6) is 11.5 Å². The fraction of sp³-hybridized carbons (Fsp3) is 0.609. The molecule has 3 rings (SSSR count). The number of hydrogen-bond donors (Lipinski definition) is 3. The van der Waals surface area contributed by atoms with Gasteiger partial charge < -0.3 is 29.9 Å². The van der Waals surface area contributed by atoms with Gasteiger partial charge in [0, 0.05) is 39.3 Å². The summed E-state index contributed by atoms with van der Waals surface area (Å²) in [6.45, 7) is 8.60. The standard InChI is InChI=1S/C21H33N3O2S.C2H2O4/c1-2-3-4-5-6-7-10-22-21(27)24-13-11-23(12-14-24)16-18-8-9-19-20(15-18)26-17-25-19;3-1(4)2(5)6/h8-9,15H,2-7,10-14,16-17H2,1H3,(H,22,27);(H,3,4)(H,5,6). The minimum atomic E-state index is -1.82. The number of unbranched alkanes of at least 4 members (excludes halogenated alkanes) is 5. The third kappa shape index (κ3) is 9.83. The van der Waals surface area contributed by atoms with Gasteiger partial charge in [0.25, 0.3) is 0 Å². The summed E-state index contributed by atoms with van der Waals surface area (Å²) in [7, 11) is 0. The number of aliphatic carboxylic acids is 2. The monoisotopic (exact) mass is 481 g/mol. The Balaban J connectivity index is 0.000000569. The highest BCUT2D eigenvalue weighted by Gasteiger charge is 2.20. The molecule has 2 aliphatic heterocycles. The van der Waals surface area contributed by atoms with Crippen LogP contribution in [0.25, 0.3) is 0 Å². The Morgan fingerprint density at radius 3 is 2.27 bits per heavy atom. The van der Waals surface area contributed by atoms with Crippen molar-refractivity contribution < 1.29 is 29.3 Å². The lowest BCUT2D eigenvalue weighted by Crippen LogP contribution is -2.51. The molecule has 1 aromatic rings. The van der Waals surface area contributed by atoms with Gasteiger partial charge in [0.2, 0.25) is 6.79 Å². The van der Waals surface area contributed by atoms with Crippen LogP contribution < -0.4 is 14.8 Å². The lowest BCUT2D eigenvalue weighted by Gasteiger charge is -2.36. The highest BCUT2D eigenvalue weighted by molar-refractivity contribution is 7.80. The maximum atomic E-state index is 9.10. The third-order valence-electron chi connectivity index (χ3n) is 5.49. The molecule has 2 heterocycles. The Hall–Kier alpha value is -2.59. The number of benzene rings is 1. The van der Waals surface area contributed by atoms with Crippen LogP contribution in [0.1, 0.15) is 51.0 Å².